The molecule has 4 atom stereocenters. The summed E-state index contributed by atoms with van der Waals surface area (Å²) in [7, 11) is 0. The Labute approximate surface area is 242 Å². The van der Waals surface area contributed by atoms with E-state index in [4.69, 9.17) is 32.7 Å². The van der Waals surface area contributed by atoms with Crippen molar-refractivity contribution in [3.8, 4) is 0 Å². The molecule has 0 bridgehead atoms. The van der Waals surface area contributed by atoms with E-state index in [0.717, 1.165) is 22.3 Å². The maximum Gasteiger partial charge on any atom is 0.319 e. The molecule has 1 fully saturated rings. The van der Waals surface area contributed by atoms with E-state index in [1.165, 1.54) is 0 Å². The molecule has 0 spiro atoms. The van der Waals surface area contributed by atoms with Crippen molar-refractivity contribution in [2.24, 2.45) is 5.92 Å². The Hall–Kier alpha value is -3.40. The molecule has 8 nitrogen and oxygen atoms in total. The van der Waals surface area contributed by atoms with Gasteiger partial charge in [-0.15, -0.1) is 0 Å². The first-order valence-electron chi connectivity index (χ1n) is 13.0. The monoisotopic (exact) mass is 580 g/mol. The van der Waals surface area contributed by atoms with Gasteiger partial charge < -0.3 is 29.8 Å². The third kappa shape index (κ3) is 6.66. The molecule has 2 amide bonds. The number of aliphatic hydroxyl groups excluding tert-OH is 1. The fourth-order valence-corrected chi connectivity index (χ4v) is 4.98. The Kier molecular flexibility index (Phi) is 9.04. The summed E-state index contributed by atoms with van der Waals surface area (Å²) >= 11 is 12.4. The van der Waals surface area contributed by atoms with Crippen molar-refractivity contribution in [1.82, 2.24) is 14.9 Å². The van der Waals surface area contributed by atoms with Crippen LogP contribution >= 0.6 is 23.2 Å². The van der Waals surface area contributed by atoms with Crippen LogP contribution in [0.25, 0.3) is 0 Å². The highest BCUT2D eigenvalue weighted by molar-refractivity contribution is 6.40. The van der Waals surface area contributed by atoms with Crippen LogP contribution in [0.4, 0.5) is 10.5 Å². The standard InChI is InChI=1S/C30H30Cl2N4O4/c1-19-25(16-36-18-34-27(31)28(36)32)39-29(40-26(19)22-9-7-21(17-37)8-10-22)23-11-13-24(14-12-23)35-30(38)33-15-20-5-3-2-4-6-20/h2-14,18-19,25-26,29,37H,15-17H2,1H3,(H2,33,35,38)/t19-,25+,26+,29+/m1/s1. The molecule has 0 aliphatic carbocycles. The fourth-order valence-electron chi connectivity index (χ4n) is 4.67. The average molecular weight is 582 g/mol. The second-order valence-corrected chi connectivity index (χ2v) is 10.4. The number of anilines is 1. The number of nitrogens with one attached hydrogen (secondary N) is 2. The zero-order chi connectivity index (χ0) is 28.1. The minimum absolute atomic E-state index is 0.0275. The zero-order valence-corrected chi connectivity index (χ0v) is 23.3. The average Bonchev–Trinajstić information content (AvgIpc) is 3.30. The first kappa shape index (κ1) is 28.1. The first-order valence-corrected chi connectivity index (χ1v) is 13.7. The molecule has 5 rings (SSSR count). The molecule has 1 aliphatic heterocycles. The number of ether oxygens (including phenoxy) is 2. The highest BCUT2D eigenvalue weighted by atomic mass is 35.5. The van der Waals surface area contributed by atoms with Gasteiger partial charge in [-0.25, -0.2) is 9.78 Å². The molecule has 10 heteroatoms. The molecule has 2 heterocycles. The molecule has 0 unspecified atom stereocenters. The van der Waals surface area contributed by atoms with Crippen molar-refractivity contribution < 1.29 is 19.4 Å². The highest BCUT2D eigenvalue weighted by Crippen LogP contribution is 2.42. The number of rotatable bonds is 8. The second kappa shape index (κ2) is 12.8. The number of benzene rings is 3. The molecule has 3 aromatic carbocycles. The number of hydrogen-bond donors (Lipinski definition) is 3. The van der Waals surface area contributed by atoms with Crippen LogP contribution in [0.15, 0.2) is 85.2 Å². The number of hydrogen-bond acceptors (Lipinski definition) is 5. The van der Waals surface area contributed by atoms with Crippen LogP contribution in [0.5, 0.6) is 0 Å². The van der Waals surface area contributed by atoms with Crippen molar-refractivity contribution in [2.45, 2.75) is 45.1 Å². The number of amides is 2. The van der Waals surface area contributed by atoms with E-state index in [-0.39, 0.29) is 35.9 Å². The fraction of sp³-hybridized carbons (Fsp3) is 0.267. The van der Waals surface area contributed by atoms with E-state index < -0.39 is 6.29 Å². The summed E-state index contributed by atoms with van der Waals surface area (Å²) in [6.07, 6.45) is 0.378. The maximum absolute atomic E-state index is 12.4. The van der Waals surface area contributed by atoms with Gasteiger partial charge in [-0.1, -0.05) is 96.9 Å². The zero-order valence-electron chi connectivity index (χ0n) is 21.8. The third-order valence-corrected chi connectivity index (χ3v) is 7.74. The Morgan fingerprint density at radius 1 is 0.950 bits per heavy atom. The molecule has 1 aliphatic rings. The van der Waals surface area contributed by atoms with Gasteiger partial charge in [0.25, 0.3) is 0 Å². The molecule has 1 aromatic heterocycles. The number of aliphatic hydroxyl groups is 1. The lowest BCUT2D eigenvalue weighted by atomic mass is 9.90. The molecular weight excluding hydrogens is 551 g/mol. The summed E-state index contributed by atoms with van der Waals surface area (Å²) in [6, 6.07) is 24.5. The number of nitrogens with zero attached hydrogens (tertiary/aromatic N) is 2. The molecule has 208 valence electrons. The highest BCUT2D eigenvalue weighted by Gasteiger charge is 2.38. The Balaban J connectivity index is 1.31. The van der Waals surface area contributed by atoms with Gasteiger partial charge >= 0.3 is 6.03 Å². The van der Waals surface area contributed by atoms with E-state index in [1.54, 1.807) is 10.9 Å². The molecule has 0 saturated carbocycles. The minimum Gasteiger partial charge on any atom is -0.392 e. The van der Waals surface area contributed by atoms with Gasteiger partial charge in [0.15, 0.2) is 11.4 Å². The van der Waals surface area contributed by atoms with Crippen LogP contribution in [-0.4, -0.2) is 26.8 Å². The minimum atomic E-state index is -0.664. The van der Waals surface area contributed by atoms with E-state index >= 15 is 0 Å². The van der Waals surface area contributed by atoms with Gasteiger partial charge in [-0.05, 0) is 28.8 Å². The topological polar surface area (TPSA) is 97.6 Å². The Bertz CT molecular complexity index is 1410. The van der Waals surface area contributed by atoms with Crippen LogP contribution < -0.4 is 10.6 Å². The molecule has 1 saturated heterocycles. The van der Waals surface area contributed by atoms with Gasteiger partial charge in [0, 0.05) is 23.7 Å². The van der Waals surface area contributed by atoms with Crippen LogP contribution in [0.3, 0.4) is 0 Å². The number of carbonyl (C=O) groups excluding carboxylic acids is 1. The molecule has 40 heavy (non-hydrogen) atoms. The summed E-state index contributed by atoms with van der Waals surface area (Å²) in [5.41, 5.74) is 4.27. The van der Waals surface area contributed by atoms with Crippen molar-refractivity contribution in [3.05, 3.63) is 118 Å². The van der Waals surface area contributed by atoms with E-state index in [2.05, 4.69) is 22.5 Å². The van der Waals surface area contributed by atoms with Crippen LogP contribution in [-0.2, 0) is 29.2 Å². The van der Waals surface area contributed by atoms with E-state index in [0.29, 0.717) is 23.9 Å². The maximum atomic E-state index is 12.4. The molecule has 4 aromatic rings. The summed E-state index contributed by atoms with van der Waals surface area (Å²) in [6.45, 7) is 2.91. The summed E-state index contributed by atoms with van der Waals surface area (Å²) in [4.78, 5) is 16.5. The van der Waals surface area contributed by atoms with E-state index in [9.17, 15) is 9.90 Å². The molecule has 0 radical (unpaired) electrons. The van der Waals surface area contributed by atoms with Crippen molar-refractivity contribution in [1.29, 1.82) is 0 Å². The summed E-state index contributed by atoms with van der Waals surface area (Å²) in [5, 5.41) is 15.8. The van der Waals surface area contributed by atoms with Crippen LogP contribution in [0.1, 0.15) is 41.6 Å². The van der Waals surface area contributed by atoms with Crippen LogP contribution in [0.2, 0.25) is 10.3 Å². The third-order valence-electron chi connectivity index (χ3n) is 6.97. The van der Waals surface area contributed by atoms with Crippen molar-refractivity contribution in [3.63, 3.8) is 0 Å². The van der Waals surface area contributed by atoms with Gasteiger partial charge in [0.05, 0.1) is 31.7 Å². The molecule has 3 N–H and O–H groups in total. The van der Waals surface area contributed by atoms with Gasteiger partial charge in [-0.3, -0.25) is 0 Å². The van der Waals surface area contributed by atoms with Gasteiger partial charge in [0.2, 0.25) is 0 Å². The van der Waals surface area contributed by atoms with Crippen molar-refractivity contribution >= 4 is 34.9 Å². The predicted octanol–water partition coefficient (Wildman–Crippen LogP) is 6.50. The lowest BCUT2D eigenvalue weighted by Gasteiger charge is -2.41. The van der Waals surface area contributed by atoms with Crippen LogP contribution in [0, 0.1) is 5.92 Å². The summed E-state index contributed by atoms with van der Waals surface area (Å²) < 4.78 is 14.7. The van der Waals surface area contributed by atoms with Gasteiger partial charge in [0.1, 0.15) is 5.15 Å². The number of aromatic nitrogens is 2. The number of halogens is 2. The first-order chi connectivity index (χ1) is 19.4. The Morgan fingerprint density at radius 3 is 2.30 bits per heavy atom. The lowest BCUT2D eigenvalue weighted by Crippen LogP contribution is -2.39. The van der Waals surface area contributed by atoms with E-state index in [1.807, 2.05) is 78.9 Å². The molecular formula is C30H30Cl2N4O4. The predicted molar refractivity (Wildman–Crippen MR) is 154 cm³/mol. The SMILES string of the molecule is C[C@@H]1[C@H](Cn2cnc(Cl)c2Cl)O[C@H](c2ccc(NC(=O)NCc3ccccc3)cc2)O[C@@H]1c1ccc(CO)cc1. The normalized spacial score (nSPS) is 20.7. The summed E-state index contributed by atoms with van der Waals surface area (Å²) in [5.74, 6) is -0.0391. The number of carbonyl (C=O) groups is 1. The Morgan fingerprint density at radius 2 is 1.65 bits per heavy atom. The largest absolute Gasteiger partial charge is 0.392 e. The van der Waals surface area contributed by atoms with Crippen molar-refractivity contribution in [2.75, 3.05) is 5.32 Å². The van der Waals surface area contributed by atoms with Gasteiger partial charge in [-0.2, -0.15) is 0 Å². The number of imidazole rings is 1. The lowest BCUT2D eigenvalue weighted by molar-refractivity contribution is -0.276. The second-order valence-electron chi connectivity index (χ2n) is 9.72. The number of urea groups is 1. The quantitative estimate of drug-likeness (QED) is 0.221. The smallest absolute Gasteiger partial charge is 0.319 e.